The highest BCUT2D eigenvalue weighted by atomic mass is 16.5. The Morgan fingerprint density at radius 3 is 2.53 bits per heavy atom. The minimum absolute atomic E-state index is 0.617. The van der Waals surface area contributed by atoms with Crippen LogP contribution in [0.15, 0.2) is 16.5 Å². The molecule has 1 rings (SSSR count). The molecular weight excluding hydrogens is 188 g/mol. The third-order valence-corrected chi connectivity index (χ3v) is 2.45. The van der Waals surface area contributed by atoms with Crippen molar-refractivity contribution in [1.82, 2.24) is 0 Å². The summed E-state index contributed by atoms with van der Waals surface area (Å²) in [6.07, 6.45) is 5.97. The van der Waals surface area contributed by atoms with Crippen LogP contribution in [-0.2, 0) is 17.8 Å². The Hall–Kier alpha value is -0.760. The largest absolute Gasteiger partial charge is 0.464 e. The Labute approximate surface area is 92.6 Å². The van der Waals surface area contributed by atoms with E-state index in [9.17, 15) is 0 Å². The SMILES string of the molecule is CCCCCCOCc1ccc(CC)o1. The summed E-state index contributed by atoms with van der Waals surface area (Å²) in [6.45, 7) is 5.78. The van der Waals surface area contributed by atoms with E-state index in [1.807, 2.05) is 12.1 Å². The Morgan fingerprint density at radius 2 is 1.87 bits per heavy atom. The van der Waals surface area contributed by atoms with E-state index in [2.05, 4.69) is 13.8 Å². The standard InChI is InChI=1S/C13H22O2/c1-3-5-6-7-10-14-11-13-9-8-12(4-2)15-13/h8-9H,3-7,10-11H2,1-2H3. The lowest BCUT2D eigenvalue weighted by molar-refractivity contribution is 0.102. The molecule has 0 N–H and O–H groups in total. The predicted octanol–water partition coefficient (Wildman–Crippen LogP) is 3.94. The summed E-state index contributed by atoms with van der Waals surface area (Å²) < 4.78 is 11.1. The van der Waals surface area contributed by atoms with Crippen molar-refractivity contribution in [3.05, 3.63) is 23.7 Å². The van der Waals surface area contributed by atoms with Crippen LogP contribution in [-0.4, -0.2) is 6.61 Å². The van der Waals surface area contributed by atoms with Crippen LogP contribution in [0.2, 0.25) is 0 Å². The minimum atomic E-state index is 0.617. The number of furan rings is 1. The van der Waals surface area contributed by atoms with Crippen LogP contribution in [0.5, 0.6) is 0 Å². The lowest BCUT2D eigenvalue weighted by atomic mass is 10.2. The molecule has 0 spiro atoms. The maximum absolute atomic E-state index is 5.54. The summed E-state index contributed by atoms with van der Waals surface area (Å²) in [5, 5.41) is 0. The molecule has 2 heteroatoms. The summed E-state index contributed by atoms with van der Waals surface area (Å²) >= 11 is 0. The van der Waals surface area contributed by atoms with Crippen molar-refractivity contribution in [1.29, 1.82) is 0 Å². The van der Waals surface area contributed by atoms with Gasteiger partial charge in [0.25, 0.3) is 0 Å². The fraction of sp³-hybridized carbons (Fsp3) is 0.692. The van der Waals surface area contributed by atoms with E-state index in [4.69, 9.17) is 9.15 Å². The number of hydrogen-bond donors (Lipinski definition) is 0. The van der Waals surface area contributed by atoms with Crippen molar-refractivity contribution < 1.29 is 9.15 Å². The second-order valence-corrected chi connectivity index (χ2v) is 3.83. The van der Waals surface area contributed by atoms with E-state index < -0.39 is 0 Å². The van der Waals surface area contributed by atoms with Gasteiger partial charge >= 0.3 is 0 Å². The van der Waals surface area contributed by atoms with E-state index >= 15 is 0 Å². The molecule has 86 valence electrons. The molecule has 0 radical (unpaired) electrons. The smallest absolute Gasteiger partial charge is 0.129 e. The molecule has 0 saturated heterocycles. The fourth-order valence-electron chi connectivity index (χ4n) is 1.49. The monoisotopic (exact) mass is 210 g/mol. The van der Waals surface area contributed by atoms with Gasteiger partial charge in [-0.05, 0) is 18.6 Å². The van der Waals surface area contributed by atoms with Crippen LogP contribution in [0.4, 0.5) is 0 Å². The van der Waals surface area contributed by atoms with Gasteiger partial charge in [-0.3, -0.25) is 0 Å². The van der Waals surface area contributed by atoms with Gasteiger partial charge in [-0.1, -0.05) is 33.1 Å². The maximum Gasteiger partial charge on any atom is 0.129 e. The second kappa shape index (κ2) is 7.52. The molecule has 1 heterocycles. The first-order chi connectivity index (χ1) is 7.36. The molecule has 0 unspecified atom stereocenters. The summed E-state index contributed by atoms with van der Waals surface area (Å²) in [6, 6.07) is 4.03. The van der Waals surface area contributed by atoms with Gasteiger partial charge < -0.3 is 9.15 Å². The first-order valence-corrected chi connectivity index (χ1v) is 6.02. The Balaban J connectivity index is 2.04. The van der Waals surface area contributed by atoms with Gasteiger partial charge in [0, 0.05) is 13.0 Å². The van der Waals surface area contributed by atoms with Gasteiger partial charge in [0.05, 0.1) is 0 Å². The molecule has 0 aliphatic rings. The Bertz CT molecular complexity index is 253. The minimum Gasteiger partial charge on any atom is -0.464 e. The molecule has 0 atom stereocenters. The molecule has 15 heavy (non-hydrogen) atoms. The fourth-order valence-corrected chi connectivity index (χ4v) is 1.49. The van der Waals surface area contributed by atoms with Crippen LogP contribution >= 0.6 is 0 Å². The molecule has 0 fully saturated rings. The summed E-state index contributed by atoms with van der Waals surface area (Å²) in [5.74, 6) is 1.99. The number of hydrogen-bond acceptors (Lipinski definition) is 2. The van der Waals surface area contributed by atoms with E-state index in [0.29, 0.717) is 6.61 Å². The highest BCUT2D eigenvalue weighted by molar-refractivity contribution is 5.05. The molecule has 1 aromatic rings. The number of aryl methyl sites for hydroxylation is 1. The first-order valence-electron chi connectivity index (χ1n) is 6.02. The van der Waals surface area contributed by atoms with Crippen LogP contribution in [0, 0.1) is 0 Å². The van der Waals surface area contributed by atoms with Gasteiger partial charge in [0.15, 0.2) is 0 Å². The van der Waals surface area contributed by atoms with Crippen LogP contribution in [0.3, 0.4) is 0 Å². The second-order valence-electron chi connectivity index (χ2n) is 3.83. The molecule has 0 amide bonds. The Kier molecular flexibility index (Phi) is 6.17. The van der Waals surface area contributed by atoms with E-state index in [1.54, 1.807) is 0 Å². The van der Waals surface area contributed by atoms with E-state index in [1.165, 1.54) is 19.3 Å². The van der Waals surface area contributed by atoms with Crippen molar-refractivity contribution in [3.8, 4) is 0 Å². The molecular formula is C13H22O2. The molecule has 1 aromatic heterocycles. The number of ether oxygens (including phenoxy) is 1. The normalized spacial score (nSPS) is 10.8. The average Bonchev–Trinajstić information content (AvgIpc) is 2.71. The van der Waals surface area contributed by atoms with Gasteiger partial charge in [-0.2, -0.15) is 0 Å². The van der Waals surface area contributed by atoms with E-state index in [0.717, 1.165) is 31.0 Å². The molecule has 0 bridgehead atoms. The average molecular weight is 210 g/mol. The maximum atomic E-state index is 5.54. The Morgan fingerprint density at radius 1 is 1.07 bits per heavy atom. The third-order valence-electron chi connectivity index (χ3n) is 2.45. The lowest BCUT2D eigenvalue weighted by Gasteiger charge is -2.01. The molecule has 0 aliphatic heterocycles. The van der Waals surface area contributed by atoms with Gasteiger partial charge in [0.1, 0.15) is 18.1 Å². The van der Waals surface area contributed by atoms with Gasteiger partial charge in [-0.25, -0.2) is 0 Å². The van der Waals surface area contributed by atoms with Gasteiger partial charge in [-0.15, -0.1) is 0 Å². The third kappa shape index (κ3) is 5.03. The van der Waals surface area contributed by atoms with Crippen molar-refractivity contribution in [2.24, 2.45) is 0 Å². The van der Waals surface area contributed by atoms with Crippen LogP contribution < -0.4 is 0 Å². The molecule has 2 nitrogen and oxygen atoms in total. The highest BCUT2D eigenvalue weighted by Crippen LogP contribution is 2.09. The lowest BCUT2D eigenvalue weighted by Crippen LogP contribution is -1.94. The molecule has 0 aromatic carbocycles. The number of rotatable bonds is 8. The van der Waals surface area contributed by atoms with Crippen LogP contribution in [0.25, 0.3) is 0 Å². The topological polar surface area (TPSA) is 22.4 Å². The summed E-state index contributed by atoms with van der Waals surface area (Å²) in [5.41, 5.74) is 0. The zero-order chi connectivity index (χ0) is 10.9. The summed E-state index contributed by atoms with van der Waals surface area (Å²) in [7, 11) is 0. The van der Waals surface area contributed by atoms with Gasteiger partial charge in [0.2, 0.25) is 0 Å². The quantitative estimate of drug-likeness (QED) is 0.606. The van der Waals surface area contributed by atoms with Crippen LogP contribution in [0.1, 0.15) is 51.1 Å². The highest BCUT2D eigenvalue weighted by Gasteiger charge is 1.99. The number of unbranched alkanes of at least 4 members (excludes halogenated alkanes) is 3. The van der Waals surface area contributed by atoms with Crippen molar-refractivity contribution in [3.63, 3.8) is 0 Å². The summed E-state index contributed by atoms with van der Waals surface area (Å²) in [4.78, 5) is 0. The van der Waals surface area contributed by atoms with E-state index in [-0.39, 0.29) is 0 Å². The van der Waals surface area contributed by atoms with Crippen molar-refractivity contribution in [2.45, 2.75) is 52.6 Å². The predicted molar refractivity (Wildman–Crippen MR) is 61.9 cm³/mol. The first kappa shape index (κ1) is 12.3. The molecule has 0 aliphatic carbocycles. The van der Waals surface area contributed by atoms with Crippen molar-refractivity contribution in [2.75, 3.05) is 6.61 Å². The zero-order valence-electron chi connectivity index (χ0n) is 9.92. The zero-order valence-corrected chi connectivity index (χ0v) is 9.92. The molecule has 0 saturated carbocycles. The van der Waals surface area contributed by atoms with Crippen molar-refractivity contribution >= 4 is 0 Å².